The molecule has 18 heavy (non-hydrogen) atoms. The zero-order valence-corrected chi connectivity index (χ0v) is 12.2. The molecule has 1 N–H and O–H groups in total. The van der Waals surface area contributed by atoms with E-state index in [4.69, 9.17) is 11.6 Å². The first-order chi connectivity index (χ1) is 8.60. The topological polar surface area (TPSA) is 20.2 Å². The lowest BCUT2D eigenvalue weighted by atomic mass is 10.0. The normalized spacial score (nSPS) is 12.7. The van der Waals surface area contributed by atoms with Crippen LogP contribution in [-0.2, 0) is 12.8 Å². The van der Waals surface area contributed by atoms with Gasteiger partial charge in [0.05, 0.1) is 6.10 Å². The Hall–Kier alpha value is -0.830. The summed E-state index contributed by atoms with van der Waals surface area (Å²) in [6, 6.07) is 10.0. The lowest BCUT2D eigenvalue weighted by molar-refractivity contribution is 0.179. The van der Waals surface area contributed by atoms with Gasteiger partial charge < -0.3 is 5.11 Å². The summed E-state index contributed by atoms with van der Waals surface area (Å²) in [5.74, 6) is 0. The molecule has 3 heteroatoms. The molecule has 96 valence electrons. The van der Waals surface area contributed by atoms with E-state index in [1.165, 1.54) is 9.75 Å². The first-order valence-electron chi connectivity index (χ1n) is 6.12. The summed E-state index contributed by atoms with van der Waals surface area (Å²) in [4.78, 5) is 2.56. The number of aliphatic hydroxyl groups is 1. The monoisotopic (exact) mass is 280 g/mol. The summed E-state index contributed by atoms with van der Waals surface area (Å²) in [5.41, 5.74) is 1.93. The van der Waals surface area contributed by atoms with Gasteiger partial charge >= 0.3 is 0 Å². The number of hydrogen-bond acceptors (Lipinski definition) is 2. The Morgan fingerprint density at radius 3 is 2.56 bits per heavy atom. The number of thiophene rings is 1. The molecule has 0 amide bonds. The summed E-state index contributed by atoms with van der Waals surface area (Å²) >= 11 is 7.93. The van der Waals surface area contributed by atoms with Gasteiger partial charge in [0.15, 0.2) is 0 Å². The maximum absolute atomic E-state index is 10.2. The van der Waals surface area contributed by atoms with Crippen LogP contribution in [0.4, 0.5) is 0 Å². The van der Waals surface area contributed by atoms with E-state index in [1.54, 1.807) is 11.3 Å². The van der Waals surface area contributed by atoms with E-state index < -0.39 is 6.10 Å². The number of rotatable bonds is 4. The molecule has 1 unspecified atom stereocenters. The molecule has 0 saturated carbocycles. The number of benzene rings is 1. The van der Waals surface area contributed by atoms with Gasteiger partial charge in [-0.25, -0.2) is 0 Å². The van der Waals surface area contributed by atoms with E-state index in [0.29, 0.717) is 11.4 Å². The maximum atomic E-state index is 10.2. The Bertz CT molecular complexity index is 533. The Kier molecular flexibility index (Phi) is 4.44. The maximum Gasteiger partial charge on any atom is 0.0852 e. The van der Waals surface area contributed by atoms with Gasteiger partial charge in [0, 0.05) is 21.2 Å². The van der Waals surface area contributed by atoms with Crippen LogP contribution in [0.5, 0.6) is 0 Å². The highest BCUT2D eigenvalue weighted by Gasteiger charge is 2.13. The van der Waals surface area contributed by atoms with E-state index >= 15 is 0 Å². The molecule has 1 nitrogen and oxygen atoms in total. The Balaban J connectivity index is 2.13. The summed E-state index contributed by atoms with van der Waals surface area (Å²) in [6.45, 7) is 4.14. The molecular formula is C15H17ClOS. The van der Waals surface area contributed by atoms with E-state index in [-0.39, 0.29) is 0 Å². The van der Waals surface area contributed by atoms with Crippen molar-refractivity contribution < 1.29 is 5.11 Å². The van der Waals surface area contributed by atoms with Crippen molar-refractivity contribution in [3.8, 4) is 0 Å². The first-order valence-corrected chi connectivity index (χ1v) is 7.31. The van der Waals surface area contributed by atoms with E-state index in [0.717, 1.165) is 17.5 Å². The third-order valence-corrected chi connectivity index (χ3v) is 4.55. The highest BCUT2D eigenvalue weighted by Crippen LogP contribution is 2.29. The summed E-state index contributed by atoms with van der Waals surface area (Å²) in [6.07, 6.45) is 1.15. The van der Waals surface area contributed by atoms with Crippen molar-refractivity contribution in [2.75, 3.05) is 0 Å². The molecule has 0 saturated heterocycles. The third kappa shape index (κ3) is 3.14. The van der Waals surface area contributed by atoms with E-state index in [9.17, 15) is 5.11 Å². The third-order valence-electron chi connectivity index (χ3n) is 2.98. The number of hydrogen-bond donors (Lipinski definition) is 1. The second kappa shape index (κ2) is 5.87. The van der Waals surface area contributed by atoms with Crippen LogP contribution in [0.25, 0.3) is 0 Å². The molecule has 1 aromatic carbocycles. The summed E-state index contributed by atoms with van der Waals surface area (Å²) < 4.78 is 0. The smallest absolute Gasteiger partial charge is 0.0852 e. The highest BCUT2D eigenvalue weighted by atomic mass is 35.5. The van der Waals surface area contributed by atoms with Crippen molar-refractivity contribution in [2.45, 2.75) is 32.8 Å². The lowest BCUT2D eigenvalue weighted by Gasteiger charge is -2.12. The molecule has 0 radical (unpaired) electrons. The van der Waals surface area contributed by atoms with Crippen LogP contribution in [0, 0.1) is 6.92 Å². The fourth-order valence-corrected chi connectivity index (χ4v) is 3.28. The summed E-state index contributed by atoms with van der Waals surface area (Å²) in [7, 11) is 0. The molecule has 2 aromatic rings. The molecule has 0 aliphatic rings. The lowest BCUT2D eigenvalue weighted by Crippen LogP contribution is -2.01. The first kappa shape index (κ1) is 13.6. The van der Waals surface area contributed by atoms with Gasteiger partial charge in [0.2, 0.25) is 0 Å². The number of aliphatic hydroxyl groups excluding tert-OH is 1. The molecule has 2 rings (SSSR count). The fraction of sp³-hybridized carbons (Fsp3) is 0.333. The van der Waals surface area contributed by atoms with Crippen molar-refractivity contribution in [1.82, 2.24) is 0 Å². The van der Waals surface area contributed by atoms with Crippen molar-refractivity contribution in [3.05, 3.63) is 56.2 Å². The van der Waals surface area contributed by atoms with Crippen LogP contribution in [0.15, 0.2) is 30.3 Å². The second-order valence-electron chi connectivity index (χ2n) is 4.47. The quantitative estimate of drug-likeness (QED) is 0.871. The SMILES string of the molecule is CCc1ccc(CC(O)c2ccc(C)cc2Cl)s1. The van der Waals surface area contributed by atoms with E-state index in [2.05, 4.69) is 19.1 Å². The molecule has 0 aliphatic carbocycles. The van der Waals surface area contributed by atoms with Crippen LogP contribution >= 0.6 is 22.9 Å². The molecule has 1 aromatic heterocycles. The van der Waals surface area contributed by atoms with Crippen LogP contribution in [-0.4, -0.2) is 5.11 Å². The Labute approximate surface area is 117 Å². The van der Waals surface area contributed by atoms with Gasteiger partial charge in [-0.15, -0.1) is 11.3 Å². The van der Waals surface area contributed by atoms with Crippen LogP contribution < -0.4 is 0 Å². The number of halogens is 1. The van der Waals surface area contributed by atoms with Crippen LogP contribution in [0.2, 0.25) is 5.02 Å². The van der Waals surface area contributed by atoms with Crippen molar-refractivity contribution in [3.63, 3.8) is 0 Å². The molecule has 0 aliphatic heterocycles. The largest absolute Gasteiger partial charge is 0.388 e. The minimum atomic E-state index is -0.526. The molecule has 0 fully saturated rings. The van der Waals surface area contributed by atoms with Gasteiger partial charge in [0.1, 0.15) is 0 Å². The van der Waals surface area contributed by atoms with Gasteiger partial charge in [-0.3, -0.25) is 0 Å². The van der Waals surface area contributed by atoms with E-state index in [1.807, 2.05) is 25.1 Å². The van der Waals surface area contributed by atoms with Crippen LogP contribution in [0.3, 0.4) is 0 Å². The number of aryl methyl sites for hydroxylation is 2. The van der Waals surface area contributed by atoms with Gasteiger partial charge in [-0.2, -0.15) is 0 Å². The van der Waals surface area contributed by atoms with Gasteiger partial charge in [0.25, 0.3) is 0 Å². The average molecular weight is 281 g/mol. The molecule has 0 bridgehead atoms. The predicted octanol–water partition coefficient (Wildman–Crippen LogP) is 4.55. The van der Waals surface area contributed by atoms with Crippen molar-refractivity contribution in [2.24, 2.45) is 0 Å². The van der Waals surface area contributed by atoms with Crippen molar-refractivity contribution >= 4 is 22.9 Å². The Morgan fingerprint density at radius 2 is 1.94 bits per heavy atom. The zero-order chi connectivity index (χ0) is 13.1. The molecule has 0 spiro atoms. The van der Waals surface area contributed by atoms with Gasteiger partial charge in [-0.1, -0.05) is 30.7 Å². The minimum absolute atomic E-state index is 0.526. The highest BCUT2D eigenvalue weighted by molar-refractivity contribution is 7.11. The molecule has 1 heterocycles. The molecular weight excluding hydrogens is 264 g/mol. The van der Waals surface area contributed by atoms with Crippen molar-refractivity contribution in [1.29, 1.82) is 0 Å². The fourth-order valence-electron chi connectivity index (χ4n) is 1.92. The van der Waals surface area contributed by atoms with Gasteiger partial charge in [-0.05, 0) is 42.7 Å². The zero-order valence-electron chi connectivity index (χ0n) is 10.6. The molecule has 1 atom stereocenters. The minimum Gasteiger partial charge on any atom is -0.388 e. The summed E-state index contributed by atoms with van der Waals surface area (Å²) in [5, 5.41) is 10.9. The van der Waals surface area contributed by atoms with Crippen LogP contribution in [0.1, 0.15) is 33.9 Å². The average Bonchev–Trinajstić information content (AvgIpc) is 2.76. The standard InChI is InChI=1S/C15H17ClOS/c1-3-11-5-6-12(18-11)9-15(17)13-7-4-10(2)8-14(13)16/h4-8,15,17H,3,9H2,1-2H3. The Morgan fingerprint density at radius 1 is 1.22 bits per heavy atom. The second-order valence-corrected chi connectivity index (χ2v) is 6.13. The predicted molar refractivity (Wildman–Crippen MR) is 78.5 cm³/mol.